The Hall–Kier alpha value is -7.04. The van der Waals surface area contributed by atoms with Crippen LogP contribution in [0.25, 0.3) is 105 Å². The highest BCUT2D eigenvalue weighted by Gasteiger charge is 2.18. The monoisotopic (exact) mass is 662 g/mol. The Morgan fingerprint density at radius 3 is 1.48 bits per heavy atom. The van der Waals surface area contributed by atoms with Gasteiger partial charge in [0.05, 0.1) is 22.4 Å². The molecule has 4 nitrogen and oxygen atoms in total. The number of fused-ring (bicyclic) bond motifs is 8. The largest absolute Gasteiger partial charge is 0.354 e. The maximum Gasteiger partial charge on any atom is 0.160 e. The number of benzene rings is 8. The molecule has 0 bridgehead atoms. The Labute approximate surface area is 299 Å². The van der Waals surface area contributed by atoms with Crippen LogP contribution in [-0.2, 0) is 0 Å². The Morgan fingerprint density at radius 1 is 0.365 bits per heavy atom. The summed E-state index contributed by atoms with van der Waals surface area (Å²) in [7, 11) is 0. The van der Waals surface area contributed by atoms with Gasteiger partial charge in [-0.05, 0) is 88.3 Å². The smallest absolute Gasteiger partial charge is 0.160 e. The van der Waals surface area contributed by atoms with Crippen molar-refractivity contribution in [3.05, 3.63) is 176 Å². The number of hydrogen-bond acceptors (Lipinski definition) is 2. The number of aromatic amines is 1. The Kier molecular flexibility index (Phi) is 6.22. The maximum atomic E-state index is 5.08. The van der Waals surface area contributed by atoms with Gasteiger partial charge in [0.2, 0.25) is 0 Å². The zero-order chi connectivity index (χ0) is 34.2. The van der Waals surface area contributed by atoms with Crippen molar-refractivity contribution < 1.29 is 0 Å². The molecular formula is C48H30N4. The summed E-state index contributed by atoms with van der Waals surface area (Å²) in [6, 6.07) is 62.7. The van der Waals surface area contributed by atoms with Crippen molar-refractivity contribution in [1.29, 1.82) is 0 Å². The minimum atomic E-state index is 0.701. The van der Waals surface area contributed by atoms with Crippen LogP contribution in [0.3, 0.4) is 0 Å². The molecule has 0 saturated carbocycles. The van der Waals surface area contributed by atoms with E-state index < -0.39 is 0 Å². The number of hydrogen-bond donors (Lipinski definition) is 1. The van der Waals surface area contributed by atoms with Crippen molar-refractivity contribution in [2.24, 2.45) is 0 Å². The first kappa shape index (κ1) is 28.8. The standard InChI is InChI=1S/C48H30N4/c1-3-11-30(12-4-1)42-28-43(31-13-5-2-6-14-31)51-48(50-42)32-19-21-37(22-20-32)52-46-26-36-18-10-8-16-34(36)24-40(46)41-27-39-38-23-33-15-7-9-17-35(33)25-44(38)49-45(39)29-47(41)52/h1-29,49H. The molecule has 4 heteroatoms. The van der Waals surface area contributed by atoms with Crippen molar-refractivity contribution >= 4 is 65.2 Å². The number of nitrogens with zero attached hydrogens (tertiary/aromatic N) is 3. The van der Waals surface area contributed by atoms with Crippen LogP contribution in [0.2, 0.25) is 0 Å². The van der Waals surface area contributed by atoms with Gasteiger partial charge in [-0.3, -0.25) is 0 Å². The molecule has 0 fully saturated rings. The van der Waals surface area contributed by atoms with Crippen LogP contribution in [-0.4, -0.2) is 19.5 Å². The van der Waals surface area contributed by atoms with Gasteiger partial charge in [-0.15, -0.1) is 0 Å². The fraction of sp³-hybridized carbons (Fsp3) is 0. The van der Waals surface area contributed by atoms with Crippen molar-refractivity contribution in [3.63, 3.8) is 0 Å². The predicted molar refractivity (Wildman–Crippen MR) is 217 cm³/mol. The fourth-order valence-electron chi connectivity index (χ4n) is 7.91. The molecule has 8 aromatic carbocycles. The van der Waals surface area contributed by atoms with Crippen LogP contribution in [0.4, 0.5) is 0 Å². The summed E-state index contributed by atoms with van der Waals surface area (Å²) < 4.78 is 2.40. The van der Waals surface area contributed by atoms with E-state index in [-0.39, 0.29) is 0 Å². The molecule has 0 spiro atoms. The lowest BCUT2D eigenvalue weighted by atomic mass is 10.0. The minimum Gasteiger partial charge on any atom is -0.354 e. The van der Waals surface area contributed by atoms with Gasteiger partial charge in [-0.25, -0.2) is 9.97 Å². The van der Waals surface area contributed by atoms with Gasteiger partial charge >= 0.3 is 0 Å². The average Bonchev–Trinajstić information content (AvgIpc) is 3.71. The number of aromatic nitrogens is 4. The predicted octanol–water partition coefficient (Wildman–Crippen LogP) is 12.5. The van der Waals surface area contributed by atoms with Gasteiger partial charge in [0.1, 0.15) is 0 Å². The van der Waals surface area contributed by atoms with E-state index in [0.29, 0.717) is 5.82 Å². The zero-order valence-electron chi connectivity index (χ0n) is 28.1. The quantitative estimate of drug-likeness (QED) is 0.204. The fourth-order valence-corrected chi connectivity index (χ4v) is 7.91. The second-order valence-electron chi connectivity index (χ2n) is 13.6. The summed E-state index contributed by atoms with van der Waals surface area (Å²) in [5, 5.41) is 9.89. The number of nitrogens with one attached hydrogen (secondary N) is 1. The van der Waals surface area contributed by atoms with Crippen LogP contribution in [0, 0.1) is 0 Å². The molecule has 0 aliphatic rings. The first-order valence-corrected chi connectivity index (χ1v) is 17.7. The van der Waals surface area contributed by atoms with Crippen LogP contribution >= 0.6 is 0 Å². The van der Waals surface area contributed by atoms with E-state index in [2.05, 4.69) is 173 Å². The van der Waals surface area contributed by atoms with Gasteiger partial charge in [0.25, 0.3) is 0 Å². The van der Waals surface area contributed by atoms with Crippen molar-refractivity contribution in [2.45, 2.75) is 0 Å². The molecule has 0 atom stereocenters. The molecule has 11 aromatic rings. The lowest BCUT2D eigenvalue weighted by molar-refractivity contribution is 1.16. The van der Waals surface area contributed by atoms with Crippen molar-refractivity contribution in [3.8, 4) is 39.6 Å². The van der Waals surface area contributed by atoms with E-state index in [1.165, 1.54) is 48.6 Å². The maximum absolute atomic E-state index is 5.08. The van der Waals surface area contributed by atoms with Crippen molar-refractivity contribution in [2.75, 3.05) is 0 Å². The van der Waals surface area contributed by atoms with E-state index in [0.717, 1.165) is 50.3 Å². The SMILES string of the molecule is c1ccc(-c2cc(-c3ccccc3)nc(-c3ccc(-n4c5cc6ccccc6cc5c5cc6c(cc54)[nH]c4cc5ccccc5cc46)cc3)n2)cc1. The third kappa shape index (κ3) is 4.55. The molecule has 0 radical (unpaired) electrons. The molecule has 0 aliphatic carbocycles. The molecular weight excluding hydrogens is 633 g/mol. The third-order valence-corrected chi connectivity index (χ3v) is 10.5. The lowest BCUT2D eigenvalue weighted by Crippen LogP contribution is -1.97. The summed E-state index contributed by atoms with van der Waals surface area (Å²) in [4.78, 5) is 13.9. The van der Waals surface area contributed by atoms with Gasteiger partial charge in [-0.1, -0.05) is 109 Å². The summed E-state index contributed by atoms with van der Waals surface area (Å²) >= 11 is 0. The van der Waals surface area contributed by atoms with E-state index >= 15 is 0 Å². The molecule has 0 saturated heterocycles. The molecule has 11 rings (SSSR count). The molecule has 0 unspecified atom stereocenters. The second kappa shape index (κ2) is 11.2. The van der Waals surface area contributed by atoms with E-state index in [1.807, 2.05) is 12.1 Å². The Balaban J connectivity index is 1.12. The van der Waals surface area contributed by atoms with E-state index in [9.17, 15) is 0 Å². The molecule has 3 aromatic heterocycles. The van der Waals surface area contributed by atoms with Crippen molar-refractivity contribution in [1.82, 2.24) is 19.5 Å². The van der Waals surface area contributed by atoms with Gasteiger partial charge in [0.15, 0.2) is 5.82 Å². The third-order valence-electron chi connectivity index (χ3n) is 10.5. The highest BCUT2D eigenvalue weighted by Crippen LogP contribution is 2.40. The minimum absolute atomic E-state index is 0.701. The molecule has 52 heavy (non-hydrogen) atoms. The normalized spacial score (nSPS) is 11.8. The van der Waals surface area contributed by atoms with Gasteiger partial charge in [-0.2, -0.15) is 0 Å². The zero-order valence-corrected chi connectivity index (χ0v) is 28.1. The lowest BCUT2D eigenvalue weighted by Gasteiger charge is -2.11. The van der Waals surface area contributed by atoms with Crippen LogP contribution in [0.15, 0.2) is 176 Å². The summed E-state index contributed by atoms with van der Waals surface area (Å²) in [6.07, 6.45) is 0. The summed E-state index contributed by atoms with van der Waals surface area (Å²) in [6.45, 7) is 0. The van der Waals surface area contributed by atoms with E-state index in [4.69, 9.17) is 9.97 Å². The Bertz CT molecular complexity index is 3100. The molecule has 0 aliphatic heterocycles. The average molecular weight is 663 g/mol. The summed E-state index contributed by atoms with van der Waals surface area (Å²) in [5.41, 5.74) is 10.6. The molecule has 242 valence electrons. The van der Waals surface area contributed by atoms with Crippen LogP contribution in [0.5, 0.6) is 0 Å². The number of H-pyrrole nitrogens is 1. The summed E-state index contributed by atoms with van der Waals surface area (Å²) in [5.74, 6) is 0.701. The van der Waals surface area contributed by atoms with E-state index in [1.54, 1.807) is 0 Å². The molecule has 3 heterocycles. The first-order valence-electron chi connectivity index (χ1n) is 17.7. The number of rotatable bonds is 4. The topological polar surface area (TPSA) is 46.5 Å². The first-order chi connectivity index (χ1) is 25.7. The molecule has 0 amide bonds. The Morgan fingerprint density at radius 2 is 0.846 bits per heavy atom. The highest BCUT2D eigenvalue weighted by molar-refractivity contribution is 6.21. The van der Waals surface area contributed by atoms with Crippen LogP contribution in [0.1, 0.15) is 0 Å². The highest BCUT2D eigenvalue weighted by atomic mass is 15.0. The van der Waals surface area contributed by atoms with Crippen LogP contribution < -0.4 is 0 Å². The van der Waals surface area contributed by atoms with Gasteiger partial charge < -0.3 is 9.55 Å². The molecule has 1 N–H and O–H groups in total. The second-order valence-corrected chi connectivity index (χ2v) is 13.6. The van der Waals surface area contributed by atoms with Gasteiger partial charge in [0, 0.05) is 55.0 Å².